The van der Waals surface area contributed by atoms with Gasteiger partial charge in [-0.3, -0.25) is 4.79 Å². The fourth-order valence-corrected chi connectivity index (χ4v) is 2.51. The zero-order chi connectivity index (χ0) is 18.1. The summed E-state index contributed by atoms with van der Waals surface area (Å²) in [4.78, 5) is 12.3. The Hall–Kier alpha value is -2.49. The van der Waals surface area contributed by atoms with Gasteiger partial charge in [-0.2, -0.15) is 0 Å². The lowest BCUT2D eigenvalue weighted by molar-refractivity contribution is -0.128. The molecular weight excluding hydrogens is 314 g/mol. The summed E-state index contributed by atoms with van der Waals surface area (Å²) in [7, 11) is 1.66. The maximum absolute atomic E-state index is 12.3. The highest BCUT2D eigenvalue weighted by Crippen LogP contribution is 2.15. The number of amides is 1. The van der Waals surface area contributed by atoms with Crippen LogP contribution in [0.2, 0.25) is 0 Å². The van der Waals surface area contributed by atoms with Crippen LogP contribution in [0.25, 0.3) is 0 Å². The summed E-state index contributed by atoms with van der Waals surface area (Å²) in [5.41, 5.74) is 2.40. The number of carbonyl (C=O) groups is 1. The minimum Gasteiger partial charge on any atom is -0.497 e. The van der Waals surface area contributed by atoms with Gasteiger partial charge in [0.15, 0.2) is 6.10 Å². The first-order valence-electron chi connectivity index (χ1n) is 8.76. The van der Waals surface area contributed by atoms with Gasteiger partial charge >= 0.3 is 0 Å². The maximum Gasteiger partial charge on any atom is 0.261 e. The average Bonchev–Trinajstić information content (AvgIpc) is 2.65. The Morgan fingerprint density at radius 3 is 2.28 bits per heavy atom. The highest BCUT2D eigenvalue weighted by molar-refractivity contribution is 5.81. The van der Waals surface area contributed by atoms with E-state index in [1.165, 1.54) is 11.1 Å². The molecule has 0 bridgehead atoms. The molecule has 0 fully saturated rings. The Morgan fingerprint density at radius 1 is 1.04 bits per heavy atom. The van der Waals surface area contributed by atoms with E-state index in [-0.39, 0.29) is 5.91 Å². The second-order valence-electron chi connectivity index (χ2n) is 6.07. The normalized spacial score (nSPS) is 11.6. The average molecular weight is 341 g/mol. The van der Waals surface area contributed by atoms with Crippen LogP contribution in [0.5, 0.6) is 11.5 Å². The van der Waals surface area contributed by atoms with Crippen LogP contribution in [0.15, 0.2) is 48.5 Å². The quantitative estimate of drug-likeness (QED) is 0.704. The summed E-state index contributed by atoms with van der Waals surface area (Å²) in [6.45, 7) is 4.62. The molecule has 4 nitrogen and oxygen atoms in total. The van der Waals surface area contributed by atoms with Crippen molar-refractivity contribution in [3.05, 3.63) is 59.7 Å². The van der Waals surface area contributed by atoms with Crippen LogP contribution >= 0.6 is 0 Å². The number of hydrogen-bond donors (Lipinski definition) is 1. The number of nitrogens with one attached hydrogen (secondary N) is 1. The lowest BCUT2D eigenvalue weighted by Crippen LogP contribution is -2.38. The molecule has 0 radical (unpaired) electrons. The molecule has 0 aromatic heterocycles. The molecule has 0 heterocycles. The van der Waals surface area contributed by atoms with E-state index in [1.807, 2.05) is 50.2 Å². The standard InChI is InChI=1S/C21H27NO3/c1-4-20(25-19-11-7-16(2)8-12-19)21(23)22-15-5-6-17-9-13-18(24-3)14-10-17/h7-14,20H,4-6,15H2,1-3H3,(H,22,23)/t20-/m0/s1. The van der Waals surface area contributed by atoms with Crippen molar-refractivity contribution in [3.63, 3.8) is 0 Å². The van der Waals surface area contributed by atoms with Gasteiger partial charge in [-0.1, -0.05) is 36.8 Å². The lowest BCUT2D eigenvalue weighted by Gasteiger charge is -2.17. The van der Waals surface area contributed by atoms with Gasteiger partial charge in [-0.05, 0) is 56.0 Å². The second-order valence-corrected chi connectivity index (χ2v) is 6.07. The molecule has 0 spiro atoms. The van der Waals surface area contributed by atoms with Crippen molar-refractivity contribution in [3.8, 4) is 11.5 Å². The summed E-state index contributed by atoms with van der Waals surface area (Å²) in [5, 5.41) is 2.97. The Labute approximate surface area is 150 Å². The highest BCUT2D eigenvalue weighted by atomic mass is 16.5. The van der Waals surface area contributed by atoms with Crippen LogP contribution in [0.3, 0.4) is 0 Å². The van der Waals surface area contributed by atoms with Gasteiger partial charge in [-0.15, -0.1) is 0 Å². The van der Waals surface area contributed by atoms with Crippen molar-refractivity contribution in [2.24, 2.45) is 0 Å². The van der Waals surface area contributed by atoms with E-state index < -0.39 is 6.10 Å². The Kier molecular flexibility index (Phi) is 7.33. The number of aryl methyl sites for hydroxylation is 2. The number of hydrogen-bond acceptors (Lipinski definition) is 3. The lowest BCUT2D eigenvalue weighted by atomic mass is 10.1. The first-order valence-corrected chi connectivity index (χ1v) is 8.76. The highest BCUT2D eigenvalue weighted by Gasteiger charge is 2.17. The van der Waals surface area contributed by atoms with Crippen molar-refractivity contribution in [2.45, 2.75) is 39.2 Å². The second kappa shape index (κ2) is 9.72. The molecule has 1 N–H and O–H groups in total. The van der Waals surface area contributed by atoms with E-state index >= 15 is 0 Å². The molecule has 0 aliphatic rings. The Morgan fingerprint density at radius 2 is 1.68 bits per heavy atom. The molecule has 2 aromatic rings. The maximum atomic E-state index is 12.3. The monoisotopic (exact) mass is 341 g/mol. The molecule has 4 heteroatoms. The fourth-order valence-electron chi connectivity index (χ4n) is 2.51. The van der Waals surface area contributed by atoms with Gasteiger partial charge in [0.05, 0.1) is 7.11 Å². The van der Waals surface area contributed by atoms with E-state index in [2.05, 4.69) is 17.4 Å². The van der Waals surface area contributed by atoms with Crippen molar-refractivity contribution < 1.29 is 14.3 Å². The molecule has 134 valence electrons. The number of carbonyl (C=O) groups excluding carboxylic acids is 1. The van der Waals surface area contributed by atoms with Gasteiger partial charge in [0, 0.05) is 6.54 Å². The van der Waals surface area contributed by atoms with Gasteiger partial charge in [-0.25, -0.2) is 0 Å². The summed E-state index contributed by atoms with van der Waals surface area (Å²) < 4.78 is 10.9. The third-order valence-electron chi connectivity index (χ3n) is 4.06. The van der Waals surface area contributed by atoms with Crippen LogP contribution in [-0.4, -0.2) is 25.7 Å². The van der Waals surface area contributed by atoms with Gasteiger partial charge in [0.1, 0.15) is 11.5 Å². The van der Waals surface area contributed by atoms with E-state index in [1.54, 1.807) is 7.11 Å². The molecule has 1 amide bonds. The largest absolute Gasteiger partial charge is 0.497 e. The van der Waals surface area contributed by atoms with Crippen molar-refractivity contribution in [1.82, 2.24) is 5.32 Å². The zero-order valence-corrected chi connectivity index (χ0v) is 15.2. The predicted octanol–water partition coefficient (Wildman–Crippen LogP) is 3.91. The molecule has 25 heavy (non-hydrogen) atoms. The van der Waals surface area contributed by atoms with E-state index in [0.29, 0.717) is 13.0 Å². The molecule has 1 atom stereocenters. The predicted molar refractivity (Wildman–Crippen MR) is 100 cm³/mol. The first-order chi connectivity index (χ1) is 12.1. The van der Waals surface area contributed by atoms with Crippen LogP contribution in [0.4, 0.5) is 0 Å². The summed E-state index contributed by atoms with van der Waals surface area (Å²) in [6.07, 6.45) is 1.99. The zero-order valence-electron chi connectivity index (χ0n) is 15.2. The molecule has 0 saturated carbocycles. The number of methoxy groups -OCH3 is 1. The summed E-state index contributed by atoms with van der Waals surface area (Å²) >= 11 is 0. The molecule has 0 unspecified atom stereocenters. The third kappa shape index (κ3) is 6.14. The SMILES string of the molecule is CC[C@H](Oc1ccc(C)cc1)C(=O)NCCCc1ccc(OC)cc1. The molecule has 2 rings (SSSR count). The summed E-state index contributed by atoms with van der Waals surface area (Å²) in [5.74, 6) is 1.53. The van der Waals surface area contributed by atoms with Crippen molar-refractivity contribution in [2.75, 3.05) is 13.7 Å². The minimum absolute atomic E-state index is 0.0576. The van der Waals surface area contributed by atoms with Crippen LogP contribution in [0.1, 0.15) is 30.9 Å². The van der Waals surface area contributed by atoms with Gasteiger partial charge in [0.2, 0.25) is 0 Å². The van der Waals surface area contributed by atoms with Crippen molar-refractivity contribution >= 4 is 5.91 Å². The Bertz CT molecular complexity index is 650. The van der Waals surface area contributed by atoms with Gasteiger partial charge in [0.25, 0.3) is 5.91 Å². The van der Waals surface area contributed by atoms with Crippen LogP contribution in [0, 0.1) is 6.92 Å². The van der Waals surface area contributed by atoms with E-state index in [4.69, 9.17) is 9.47 Å². The molecule has 0 aliphatic carbocycles. The number of rotatable bonds is 9. The number of ether oxygens (including phenoxy) is 2. The third-order valence-corrected chi connectivity index (χ3v) is 4.06. The first kappa shape index (κ1) is 18.8. The van der Waals surface area contributed by atoms with Gasteiger partial charge < -0.3 is 14.8 Å². The molecule has 0 aliphatic heterocycles. The number of benzene rings is 2. The minimum atomic E-state index is -0.455. The smallest absolute Gasteiger partial charge is 0.261 e. The summed E-state index contributed by atoms with van der Waals surface area (Å²) in [6, 6.07) is 15.8. The molecule has 0 saturated heterocycles. The topological polar surface area (TPSA) is 47.6 Å². The van der Waals surface area contributed by atoms with E-state index in [9.17, 15) is 4.79 Å². The molecule has 2 aromatic carbocycles. The Balaban J connectivity index is 1.74. The van der Waals surface area contributed by atoms with Crippen molar-refractivity contribution in [1.29, 1.82) is 0 Å². The van der Waals surface area contributed by atoms with E-state index in [0.717, 1.165) is 24.3 Å². The fraction of sp³-hybridized carbons (Fsp3) is 0.381. The van der Waals surface area contributed by atoms with Crippen LogP contribution in [-0.2, 0) is 11.2 Å². The van der Waals surface area contributed by atoms with Crippen LogP contribution < -0.4 is 14.8 Å². The molecular formula is C21H27NO3.